The molecule has 0 saturated heterocycles. The van der Waals surface area contributed by atoms with Crippen LogP contribution in [0, 0.1) is 5.82 Å². The van der Waals surface area contributed by atoms with Crippen LogP contribution in [0.1, 0.15) is 0 Å². The van der Waals surface area contributed by atoms with E-state index in [1.807, 2.05) is 38.4 Å². The average Bonchev–Trinajstić information content (AvgIpc) is 3.52. The third-order valence-electron chi connectivity index (χ3n) is 6.01. The van der Waals surface area contributed by atoms with Crippen LogP contribution in [0.15, 0.2) is 67.3 Å². The summed E-state index contributed by atoms with van der Waals surface area (Å²) in [5.41, 5.74) is 5.71. The van der Waals surface area contributed by atoms with Crippen LogP contribution in [0.25, 0.3) is 56.0 Å². The average molecular weight is 495 g/mol. The molecule has 37 heavy (non-hydrogen) atoms. The summed E-state index contributed by atoms with van der Waals surface area (Å²) in [7, 11) is 4.00. The van der Waals surface area contributed by atoms with E-state index in [0.29, 0.717) is 40.7 Å². The van der Waals surface area contributed by atoms with Crippen molar-refractivity contribution in [1.29, 1.82) is 0 Å². The summed E-state index contributed by atoms with van der Waals surface area (Å²) in [6.07, 6.45) is 6.92. The Bertz CT molecular complexity index is 1720. The number of nitrogens with zero attached hydrogens (tertiary/aromatic N) is 6. The van der Waals surface area contributed by atoms with E-state index >= 15 is 0 Å². The predicted octanol–water partition coefficient (Wildman–Crippen LogP) is 4.70. The number of pyridine rings is 3. The number of hydrogen-bond acceptors (Lipinski definition) is 7. The van der Waals surface area contributed by atoms with Gasteiger partial charge in [0.25, 0.3) is 0 Å². The molecule has 0 saturated carbocycles. The van der Waals surface area contributed by atoms with Crippen molar-refractivity contribution in [3.05, 3.63) is 73.1 Å². The van der Waals surface area contributed by atoms with Gasteiger partial charge in [-0.15, -0.1) is 0 Å². The molecule has 184 valence electrons. The molecule has 0 aliphatic heterocycles. The number of ether oxygens (including phenoxy) is 1. The first-order valence-corrected chi connectivity index (χ1v) is 11.7. The first-order valence-electron chi connectivity index (χ1n) is 11.7. The lowest BCUT2D eigenvalue weighted by atomic mass is 10.1. The molecule has 2 N–H and O–H groups in total. The first kappa shape index (κ1) is 22.7. The minimum Gasteiger partial charge on any atom is -0.491 e. The zero-order valence-electron chi connectivity index (χ0n) is 20.2. The molecule has 0 radical (unpaired) electrons. The van der Waals surface area contributed by atoms with Gasteiger partial charge in [0.05, 0.1) is 11.6 Å². The number of hydrogen-bond donors (Lipinski definition) is 2. The molecule has 6 rings (SSSR count). The minimum atomic E-state index is -0.309. The molecule has 0 aliphatic rings. The molecule has 5 heterocycles. The maximum absolute atomic E-state index is 13.9. The quantitative estimate of drug-likeness (QED) is 0.331. The lowest BCUT2D eigenvalue weighted by molar-refractivity contribution is 0.261. The Morgan fingerprint density at radius 3 is 2.70 bits per heavy atom. The van der Waals surface area contributed by atoms with Gasteiger partial charge in [-0.3, -0.25) is 10.1 Å². The fraction of sp³-hybridized carbons (Fsp3) is 0.148. The fourth-order valence-electron chi connectivity index (χ4n) is 4.16. The van der Waals surface area contributed by atoms with Gasteiger partial charge < -0.3 is 14.6 Å². The highest BCUT2D eigenvalue weighted by atomic mass is 19.1. The van der Waals surface area contributed by atoms with Crippen LogP contribution in [-0.4, -0.2) is 67.3 Å². The summed E-state index contributed by atoms with van der Waals surface area (Å²) in [6, 6.07) is 12.2. The van der Waals surface area contributed by atoms with Gasteiger partial charge in [0.1, 0.15) is 29.4 Å². The minimum absolute atomic E-state index is 0.309. The van der Waals surface area contributed by atoms with Crippen LogP contribution in [0.5, 0.6) is 5.75 Å². The van der Waals surface area contributed by atoms with Gasteiger partial charge in [0.2, 0.25) is 0 Å². The molecule has 0 spiro atoms. The summed E-state index contributed by atoms with van der Waals surface area (Å²) in [6.45, 7) is 1.38. The normalized spacial score (nSPS) is 11.6. The zero-order chi connectivity index (χ0) is 25.4. The predicted molar refractivity (Wildman–Crippen MR) is 139 cm³/mol. The molecule has 10 heteroatoms. The number of halogens is 1. The van der Waals surface area contributed by atoms with Crippen molar-refractivity contribution in [1.82, 2.24) is 40.0 Å². The number of H-pyrrole nitrogens is 2. The van der Waals surface area contributed by atoms with Crippen molar-refractivity contribution in [2.45, 2.75) is 0 Å². The van der Waals surface area contributed by atoms with Crippen molar-refractivity contribution < 1.29 is 9.13 Å². The molecular weight excluding hydrogens is 471 g/mol. The molecule has 0 aliphatic carbocycles. The summed E-state index contributed by atoms with van der Waals surface area (Å²) < 4.78 is 19.7. The van der Waals surface area contributed by atoms with Gasteiger partial charge >= 0.3 is 0 Å². The highest BCUT2D eigenvalue weighted by molar-refractivity contribution is 5.96. The Morgan fingerprint density at radius 2 is 1.84 bits per heavy atom. The van der Waals surface area contributed by atoms with Crippen molar-refractivity contribution in [2.75, 3.05) is 27.2 Å². The number of imidazole rings is 1. The second-order valence-electron chi connectivity index (χ2n) is 8.90. The van der Waals surface area contributed by atoms with Gasteiger partial charge in [-0.2, -0.15) is 5.10 Å². The highest BCUT2D eigenvalue weighted by Gasteiger charge is 2.17. The maximum Gasteiger partial charge on any atom is 0.161 e. The van der Waals surface area contributed by atoms with E-state index in [9.17, 15) is 4.39 Å². The Hall–Kier alpha value is -4.70. The van der Waals surface area contributed by atoms with Crippen molar-refractivity contribution >= 4 is 22.2 Å². The molecule has 0 fully saturated rings. The second kappa shape index (κ2) is 9.40. The van der Waals surface area contributed by atoms with Crippen LogP contribution in [0.4, 0.5) is 4.39 Å². The zero-order valence-corrected chi connectivity index (χ0v) is 20.2. The van der Waals surface area contributed by atoms with Crippen molar-refractivity contribution in [2.24, 2.45) is 0 Å². The SMILES string of the molecule is CN(C)CCOc1cncc(-c2cnc3[nH]nc(-c4nc5c(-c6cccc(F)c6)ccnc5[nH]4)c3c2)c1. The molecule has 5 aromatic heterocycles. The monoisotopic (exact) mass is 494 g/mol. The number of nitrogens with one attached hydrogen (secondary N) is 2. The van der Waals surface area contributed by atoms with Crippen LogP contribution in [-0.2, 0) is 0 Å². The lowest BCUT2D eigenvalue weighted by Crippen LogP contribution is -2.19. The number of likely N-dealkylation sites (N-methyl/N-ethyl adjacent to an activating group) is 1. The Morgan fingerprint density at radius 1 is 0.946 bits per heavy atom. The van der Waals surface area contributed by atoms with Crippen LogP contribution in [0.3, 0.4) is 0 Å². The second-order valence-corrected chi connectivity index (χ2v) is 8.90. The van der Waals surface area contributed by atoms with E-state index < -0.39 is 0 Å². The van der Waals surface area contributed by atoms with Gasteiger partial charge in [0, 0.05) is 41.8 Å². The van der Waals surface area contributed by atoms with E-state index in [2.05, 4.69) is 35.0 Å². The lowest BCUT2D eigenvalue weighted by Gasteiger charge is -2.11. The number of fused-ring (bicyclic) bond motifs is 2. The Labute approximate surface area is 211 Å². The third kappa shape index (κ3) is 4.50. The molecular formula is C27H23FN8O. The standard InChI is InChI=1S/C27H23FN8O/c1-36(2)8-9-37-20-11-17(13-29-15-20)18-12-22-24(34-35-25(22)31-14-18)27-32-23-21(6-7-30-26(23)33-27)16-4-3-5-19(28)10-16/h3-7,10-15H,8-9H2,1-2H3,(H,30,32,33)(H,31,34,35). The van der Waals surface area contributed by atoms with Crippen molar-refractivity contribution in [3.63, 3.8) is 0 Å². The fourth-order valence-corrected chi connectivity index (χ4v) is 4.16. The summed E-state index contributed by atoms with van der Waals surface area (Å²) >= 11 is 0. The van der Waals surface area contributed by atoms with E-state index in [1.54, 1.807) is 30.9 Å². The molecule has 0 unspecified atom stereocenters. The highest BCUT2D eigenvalue weighted by Crippen LogP contribution is 2.32. The van der Waals surface area contributed by atoms with Gasteiger partial charge in [-0.05, 0) is 50.0 Å². The molecule has 1 aromatic carbocycles. The maximum atomic E-state index is 13.9. The Kier molecular flexibility index (Phi) is 5.78. The summed E-state index contributed by atoms with van der Waals surface area (Å²) in [5, 5.41) is 8.24. The summed E-state index contributed by atoms with van der Waals surface area (Å²) in [4.78, 5) is 23.4. The molecule has 0 amide bonds. The van der Waals surface area contributed by atoms with Crippen LogP contribution in [0.2, 0.25) is 0 Å². The largest absolute Gasteiger partial charge is 0.491 e. The summed E-state index contributed by atoms with van der Waals surface area (Å²) in [5.74, 6) is 0.923. The third-order valence-corrected chi connectivity index (χ3v) is 6.01. The Balaban J connectivity index is 1.38. The first-order chi connectivity index (χ1) is 18.0. The molecule has 9 nitrogen and oxygen atoms in total. The van der Waals surface area contributed by atoms with E-state index in [1.165, 1.54) is 12.1 Å². The number of aromatic amines is 2. The van der Waals surface area contributed by atoms with Crippen LogP contribution >= 0.6 is 0 Å². The van der Waals surface area contributed by atoms with Gasteiger partial charge in [-0.25, -0.2) is 19.3 Å². The van der Waals surface area contributed by atoms with E-state index in [-0.39, 0.29) is 5.82 Å². The molecule has 6 aromatic rings. The van der Waals surface area contributed by atoms with E-state index in [4.69, 9.17) is 9.72 Å². The number of aromatic nitrogens is 7. The molecule has 0 atom stereocenters. The number of benzene rings is 1. The van der Waals surface area contributed by atoms with Gasteiger partial charge in [-0.1, -0.05) is 12.1 Å². The number of rotatable bonds is 7. The van der Waals surface area contributed by atoms with Crippen LogP contribution < -0.4 is 4.74 Å². The topological polar surface area (TPSA) is 108 Å². The van der Waals surface area contributed by atoms with E-state index in [0.717, 1.165) is 34.2 Å². The molecule has 0 bridgehead atoms. The van der Waals surface area contributed by atoms with Gasteiger partial charge in [0.15, 0.2) is 17.1 Å². The smallest absolute Gasteiger partial charge is 0.161 e. The van der Waals surface area contributed by atoms with Crippen molar-refractivity contribution in [3.8, 4) is 39.5 Å².